The van der Waals surface area contributed by atoms with Crippen LogP contribution in [0.2, 0.25) is 0 Å². The molecule has 4 unspecified atom stereocenters. The number of Topliss-reactive ketones (excluding diaryl/α,β-unsaturated/α-hetero) is 1. The molecule has 1 aliphatic heterocycles. The van der Waals surface area contributed by atoms with Crippen LogP contribution in [0.3, 0.4) is 0 Å². The Hall–Kier alpha value is -4.15. The molecule has 216 valence electrons. The number of ketones is 1. The number of carboxylic acid groups (broad SMARTS) is 1. The molecule has 2 aromatic heterocycles. The van der Waals surface area contributed by atoms with Gasteiger partial charge >= 0.3 is 5.97 Å². The smallest absolute Gasteiger partial charge is 0.330 e. The van der Waals surface area contributed by atoms with Crippen molar-refractivity contribution in [3.8, 4) is 0 Å². The summed E-state index contributed by atoms with van der Waals surface area (Å²) in [6.45, 7) is 7.70. The van der Waals surface area contributed by atoms with Crippen molar-refractivity contribution in [1.82, 2.24) is 4.90 Å². The van der Waals surface area contributed by atoms with E-state index in [2.05, 4.69) is 20.8 Å². The maximum absolute atomic E-state index is 14.4. The fourth-order valence-corrected chi connectivity index (χ4v) is 7.38. The molecule has 3 heterocycles. The molecule has 5 rings (SSSR count). The highest BCUT2D eigenvalue weighted by atomic mass is 32.1. The SMILES string of the molecule is CC(C)(C)c1ccc(C2C(C(=O)c3cccs3)C(c3cccc([N+](=O)[O-])c3)N(C(=O)c3cccs3)C2(C)C(=O)O)cc1. The van der Waals surface area contributed by atoms with Crippen LogP contribution < -0.4 is 0 Å². The average molecular weight is 603 g/mol. The molecule has 1 saturated heterocycles. The summed E-state index contributed by atoms with van der Waals surface area (Å²) in [7, 11) is 0. The van der Waals surface area contributed by atoms with Crippen molar-refractivity contribution in [2.75, 3.05) is 0 Å². The minimum atomic E-state index is -1.88. The fraction of sp³-hybridized carbons (Fsp3) is 0.281. The van der Waals surface area contributed by atoms with Crippen LogP contribution in [-0.2, 0) is 10.2 Å². The summed E-state index contributed by atoms with van der Waals surface area (Å²) < 4.78 is 0. The number of nitro groups is 1. The highest BCUT2D eigenvalue weighted by molar-refractivity contribution is 7.12. The van der Waals surface area contributed by atoms with Crippen LogP contribution in [0.25, 0.3) is 0 Å². The van der Waals surface area contributed by atoms with Gasteiger partial charge in [-0.3, -0.25) is 19.7 Å². The first-order valence-electron chi connectivity index (χ1n) is 13.4. The molecule has 1 fully saturated rings. The molecular formula is C32H30N2O6S2. The van der Waals surface area contributed by atoms with Gasteiger partial charge in [-0.1, -0.05) is 69.3 Å². The number of likely N-dealkylation sites (tertiary alicyclic amines) is 1. The van der Waals surface area contributed by atoms with Crippen LogP contribution >= 0.6 is 22.7 Å². The number of nitro benzene ring substituents is 1. The second-order valence-corrected chi connectivity index (χ2v) is 13.5. The number of non-ortho nitro benzene ring substituents is 1. The van der Waals surface area contributed by atoms with Gasteiger partial charge < -0.3 is 10.0 Å². The first-order chi connectivity index (χ1) is 19.9. The quantitative estimate of drug-likeness (QED) is 0.134. The lowest BCUT2D eigenvalue weighted by Crippen LogP contribution is -2.54. The lowest BCUT2D eigenvalue weighted by Gasteiger charge is -2.37. The predicted octanol–water partition coefficient (Wildman–Crippen LogP) is 7.34. The number of hydrogen-bond donors (Lipinski definition) is 1. The van der Waals surface area contributed by atoms with Crippen LogP contribution in [-0.4, -0.2) is 38.1 Å². The van der Waals surface area contributed by atoms with Crippen LogP contribution in [0.15, 0.2) is 83.6 Å². The number of rotatable bonds is 7. The van der Waals surface area contributed by atoms with Crippen LogP contribution in [0.4, 0.5) is 5.69 Å². The fourth-order valence-electron chi connectivity index (χ4n) is 6.00. The number of amides is 1. The van der Waals surface area contributed by atoms with E-state index in [1.54, 1.807) is 41.1 Å². The number of aliphatic carboxylic acids is 1. The summed E-state index contributed by atoms with van der Waals surface area (Å²) in [5, 5.41) is 26.2. The first kappa shape index (κ1) is 29.3. The Kier molecular flexibility index (Phi) is 7.63. The van der Waals surface area contributed by atoms with Gasteiger partial charge in [-0.2, -0.15) is 0 Å². The van der Waals surface area contributed by atoms with Crippen molar-refractivity contribution in [1.29, 1.82) is 0 Å². The van der Waals surface area contributed by atoms with Crippen LogP contribution in [0, 0.1) is 16.0 Å². The molecule has 4 aromatic rings. The summed E-state index contributed by atoms with van der Waals surface area (Å²) in [5.41, 5.74) is -0.303. The minimum Gasteiger partial charge on any atom is -0.479 e. The van der Waals surface area contributed by atoms with Gasteiger partial charge in [0.1, 0.15) is 5.54 Å². The number of carbonyl (C=O) groups is 3. The summed E-state index contributed by atoms with van der Waals surface area (Å²) in [6.07, 6.45) is 0. The molecule has 1 aliphatic rings. The van der Waals surface area contributed by atoms with Gasteiger partial charge in [-0.05, 0) is 51.9 Å². The Morgan fingerprint density at radius 1 is 0.905 bits per heavy atom. The van der Waals surface area contributed by atoms with Gasteiger partial charge in [0.2, 0.25) is 0 Å². The van der Waals surface area contributed by atoms with Crippen molar-refractivity contribution in [3.05, 3.63) is 120 Å². The van der Waals surface area contributed by atoms with Gasteiger partial charge in [0.15, 0.2) is 5.78 Å². The third-order valence-electron chi connectivity index (χ3n) is 8.09. The molecule has 0 spiro atoms. The van der Waals surface area contributed by atoms with Gasteiger partial charge in [0, 0.05) is 18.1 Å². The minimum absolute atomic E-state index is 0.164. The Morgan fingerprint density at radius 2 is 1.52 bits per heavy atom. The molecule has 10 heteroatoms. The third-order valence-corrected chi connectivity index (χ3v) is 9.83. The maximum Gasteiger partial charge on any atom is 0.330 e. The van der Waals surface area contributed by atoms with E-state index in [1.807, 2.05) is 24.3 Å². The molecule has 0 radical (unpaired) electrons. The predicted molar refractivity (Wildman–Crippen MR) is 162 cm³/mol. The van der Waals surface area contributed by atoms with Gasteiger partial charge in [0.05, 0.1) is 26.6 Å². The van der Waals surface area contributed by atoms with Crippen LogP contribution in [0.5, 0.6) is 0 Å². The second kappa shape index (κ2) is 10.9. The Bertz CT molecular complexity index is 1640. The Balaban J connectivity index is 1.82. The van der Waals surface area contributed by atoms with Gasteiger partial charge in [-0.15, -0.1) is 22.7 Å². The zero-order valence-electron chi connectivity index (χ0n) is 23.5. The number of thiophene rings is 2. The summed E-state index contributed by atoms with van der Waals surface area (Å²) in [5.74, 6) is -4.15. The molecule has 0 aliphatic carbocycles. The van der Waals surface area contributed by atoms with E-state index in [1.165, 1.54) is 52.7 Å². The van der Waals surface area contributed by atoms with Crippen molar-refractivity contribution in [2.24, 2.45) is 5.92 Å². The zero-order valence-corrected chi connectivity index (χ0v) is 25.1. The lowest BCUT2D eigenvalue weighted by atomic mass is 9.72. The van der Waals surface area contributed by atoms with E-state index in [4.69, 9.17) is 0 Å². The van der Waals surface area contributed by atoms with Crippen molar-refractivity contribution in [3.63, 3.8) is 0 Å². The number of carbonyl (C=O) groups excluding carboxylic acids is 2. The van der Waals surface area contributed by atoms with Gasteiger partial charge in [-0.25, -0.2) is 4.79 Å². The van der Waals surface area contributed by atoms with E-state index in [9.17, 15) is 29.6 Å². The largest absolute Gasteiger partial charge is 0.479 e. The molecule has 8 nitrogen and oxygen atoms in total. The summed E-state index contributed by atoms with van der Waals surface area (Å²) in [6, 6.07) is 19.0. The summed E-state index contributed by atoms with van der Waals surface area (Å²) in [4.78, 5) is 55.4. The van der Waals surface area contributed by atoms with E-state index in [-0.39, 0.29) is 16.9 Å². The van der Waals surface area contributed by atoms with Crippen molar-refractivity contribution in [2.45, 2.75) is 50.6 Å². The lowest BCUT2D eigenvalue weighted by molar-refractivity contribution is -0.385. The molecule has 0 bridgehead atoms. The monoisotopic (exact) mass is 602 g/mol. The normalized spacial score (nSPS) is 22.2. The van der Waals surface area contributed by atoms with Crippen LogP contribution in [0.1, 0.15) is 75.7 Å². The Morgan fingerprint density at radius 3 is 2.05 bits per heavy atom. The number of benzene rings is 2. The van der Waals surface area contributed by atoms with Crippen molar-refractivity contribution < 1.29 is 24.4 Å². The number of nitrogens with zero attached hydrogens (tertiary/aromatic N) is 2. The molecule has 1 N–H and O–H groups in total. The highest BCUT2D eigenvalue weighted by Gasteiger charge is 2.65. The molecule has 0 saturated carbocycles. The summed E-state index contributed by atoms with van der Waals surface area (Å²) >= 11 is 2.41. The third kappa shape index (κ3) is 4.94. The molecule has 2 aromatic carbocycles. The van der Waals surface area contributed by atoms with E-state index >= 15 is 0 Å². The van der Waals surface area contributed by atoms with E-state index in [0.717, 1.165) is 5.56 Å². The Labute approximate surface area is 251 Å². The van der Waals surface area contributed by atoms with Crippen molar-refractivity contribution >= 4 is 46.0 Å². The topological polar surface area (TPSA) is 118 Å². The molecule has 42 heavy (non-hydrogen) atoms. The number of carboxylic acids is 1. The zero-order chi connectivity index (χ0) is 30.4. The standard InChI is InChI=1S/C32H30N2O6S2/c1-31(2,3)21-14-12-19(13-15-21)26-25(28(35)23-10-6-16-41-23)27(20-8-5-9-22(18-20)34(39)40)33(32(26,4)30(37)38)29(36)24-11-7-17-42-24/h5-18,25-27H,1-4H3,(H,37,38). The highest BCUT2D eigenvalue weighted by Crippen LogP contribution is 2.57. The van der Waals surface area contributed by atoms with Gasteiger partial charge in [0.25, 0.3) is 11.6 Å². The number of hydrogen-bond acceptors (Lipinski definition) is 7. The maximum atomic E-state index is 14.4. The van der Waals surface area contributed by atoms with E-state index < -0.39 is 40.2 Å². The first-order valence-corrected chi connectivity index (χ1v) is 15.1. The molecular weight excluding hydrogens is 572 g/mol. The second-order valence-electron chi connectivity index (χ2n) is 11.6. The molecule has 1 amide bonds. The average Bonchev–Trinajstić information content (AvgIpc) is 3.72. The van der Waals surface area contributed by atoms with E-state index in [0.29, 0.717) is 20.9 Å². The molecule has 4 atom stereocenters.